The summed E-state index contributed by atoms with van der Waals surface area (Å²) >= 11 is 0. The molecule has 1 amide bonds. The molecule has 1 fully saturated rings. The molecule has 0 atom stereocenters. The van der Waals surface area contributed by atoms with Gasteiger partial charge in [0.15, 0.2) is 5.96 Å². The minimum Gasteiger partial charge on any atom is -0.383 e. The highest BCUT2D eigenvalue weighted by molar-refractivity contribution is 5.81. The highest BCUT2D eigenvalue weighted by atomic mass is 16.5. The van der Waals surface area contributed by atoms with Gasteiger partial charge in [0.05, 0.1) is 6.61 Å². The maximum Gasteiger partial charge on any atom is 0.224 e. The van der Waals surface area contributed by atoms with Gasteiger partial charge in [0.25, 0.3) is 0 Å². The number of piperazine rings is 1. The van der Waals surface area contributed by atoms with E-state index in [-0.39, 0.29) is 5.91 Å². The van der Waals surface area contributed by atoms with E-state index in [0.717, 1.165) is 51.5 Å². The number of unbranched alkanes of at least 4 members (excludes halogenated alkanes) is 1. The largest absolute Gasteiger partial charge is 0.383 e. The molecule has 1 saturated heterocycles. The van der Waals surface area contributed by atoms with Gasteiger partial charge in [-0.05, 0) is 13.5 Å². The van der Waals surface area contributed by atoms with Crippen LogP contribution in [0.2, 0.25) is 0 Å². The SMILES string of the molecule is CCCCN=C(NCCOC)NCCC(=O)N1CCN(C)CC1. The van der Waals surface area contributed by atoms with Crippen LogP contribution < -0.4 is 10.6 Å². The number of hydrogen-bond acceptors (Lipinski definition) is 4. The number of nitrogens with one attached hydrogen (secondary N) is 2. The lowest BCUT2D eigenvalue weighted by atomic mass is 10.3. The molecule has 0 saturated carbocycles. The van der Waals surface area contributed by atoms with Crippen molar-refractivity contribution in [3.05, 3.63) is 0 Å². The molecular weight excluding hydrogens is 294 g/mol. The second kappa shape index (κ2) is 12.1. The van der Waals surface area contributed by atoms with Crippen LogP contribution >= 0.6 is 0 Å². The Balaban J connectivity index is 2.29. The first-order valence-corrected chi connectivity index (χ1v) is 8.64. The summed E-state index contributed by atoms with van der Waals surface area (Å²) in [5.74, 6) is 0.983. The number of guanidine groups is 1. The molecule has 7 heteroatoms. The fourth-order valence-electron chi connectivity index (χ4n) is 2.30. The van der Waals surface area contributed by atoms with E-state index in [1.165, 1.54) is 0 Å². The summed E-state index contributed by atoms with van der Waals surface area (Å²) in [6.45, 7) is 8.48. The van der Waals surface area contributed by atoms with Gasteiger partial charge in [0.1, 0.15) is 0 Å². The Morgan fingerprint density at radius 2 is 1.87 bits per heavy atom. The van der Waals surface area contributed by atoms with Crippen molar-refractivity contribution in [3.63, 3.8) is 0 Å². The van der Waals surface area contributed by atoms with E-state index >= 15 is 0 Å². The van der Waals surface area contributed by atoms with Crippen LogP contribution in [-0.2, 0) is 9.53 Å². The summed E-state index contributed by atoms with van der Waals surface area (Å²) in [6.07, 6.45) is 2.69. The van der Waals surface area contributed by atoms with Crippen molar-refractivity contribution < 1.29 is 9.53 Å². The molecule has 0 aromatic heterocycles. The number of methoxy groups -OCH3 is 1. The summed E-state index contributed by atoms with van der Waals surface area (Å²) < 4.78 is 5.04. The van der Waals surface area contributed by atoms with Crippen molar-refractivity contribution in [2.45, 2.75) is 26.2 Å². The van der Waals surface area contributed by atoms with Gasteiger partial charge in [-0.2, -0.15) is 0 Å². The standard InChI is InChI=1S/C16H33N5O2/c1-4-5-7-17-16(19-9-14-23-3)18-8-6-15(22)21-12-10-20(2)11-13-21/h4-14H2,1-3H3,(H2,17,18,19). The summed E-state index contributed by atoms with van der Waals surface area (Å²) in [5.41, 5.74) is 0. The molecule has 1 aliphatic heterocycles. The Bertz CT molecular complexity index is 354. The zero-order valence-electron chi connectivity index (χ0n) is 14.9. The molecule has 1 aliphatic rings. The van der Waals surface area contributed by atoms with E-state index in [4.69, 9.17) is 4.74 Å². The van der Waals surface area contributed by atoms with Gasteiger partial charge in [0.2, 0.25) is 5.91 Å². The quantitative estimate of drug-likeness (QED) is 0.358. The first kappa shape index (κ1) is 19.7. The number of carbonyl (C=O) groups is 1. The zero-order valence-corrected chi connectivity index (χ0v) is 14.9. The van der Waals surface area contributed by atoms with E-state index in [2.05, 4.69) is 34.5 Å². The topological polar surface area (TPSA) is 69.2 Å². The lowest BCUT2D eigenvalue weighted by Gasteiger charge is -2.32. The molecule has 0 spiro atoms. The van der Waals surface area contributed by atoms with Gasteiger partial charge < -0.3 is 25.2 Å². The van der Waals surface area contributed by atoms with Gasteiger partial charge in [-0.25, -0.2) is 0 Å². The fraction of sp³-hybridized carbons (Fsp3) is 0.875. The smallest absolute Gasteiger partial charge is 0.224 e. The van der Waals surface area contributed by atoms with Gasteiger partial charge in [-0.1, -0.05) is 13.3 Å². The molecule has 134 valence electrons. The zero-order chi connectivity index (χ0) is 16.9. The Morgan fingerprint density at radius 3 is 2.52 bits per heavy atom. The first-order valence-electron chi connectivity index (χ1n) is 8.64. The van der Waals surface area contributed by atoms with Crippen LogP contribution in [0.4, 0.5) is 0 Å². The van der Waals surface area contributed by atoms with Crippen LogP contribution in [0.1, 0.15) is 26.2 Å². The van der Waals surface area contributed by atoms with Crippen molar-refractivity contribution >= 4 is 11.9 Å². The predicted molar refractivity (Wildman–Crippen MR) is 93.8 cm³/mol. The second-order valence-corrected chi connectivity index (χ2v) is 5.86. The van der Waals surface area contributed by atoms with Crippen molar-refractivity contribution in [2.75, 3.05) is 66.6 Å². The van der Waals surface area contributed by atoms with Crippen molar-refractivity contribution in [3.8, 4) is 0 Å². The van der Waals surface area contributed by atoms with Crippen LogP contribution in [-0.4, -0.2) is 88.2 Å². The molecule has 0 aromatic carbocycles. The minimum absolute atomic E-state index is 0.218. The summed E-state index contributed by atoms with van der Waals surface area (Å²) in [5, 5.41) is 6.46. The number of aliphatic imine (C=N–C) groups is 1. The van der Waals surface area contributed by atoms with Gasteiger partial charge >= 0.3 is 0 Å². The lowest BCUT2D eigenvalue weighted by molar-refractivity contribution is -0.132. The Morgan fingerprint density at radius 1 is 1.17 bits per heavy atom. The van der Waals surface area contributed by atoms with Crippen LogP contribution in [0, 0.1) is 0 Å². The molecule has 1 heterocycles. The van der Waals surface area contributed by atoms with Crippen molar-refractivity contribution in [1.82, 2.24) is 20.4 Å². The van der Waals surface area contributed by atoms with E-state index in [1.54, 1.807) is 7.11 Å². The normalized spacial score (nSPS) is 16.5. The summed E-state index contributed by atoms with van der Waals surface area (Å²) in [6, 6.07) is 0. The predicted octanol–water partition coefficient (Wildman–Crippen LogP) is 0.132. The number of amides is 1. The Labute approximate surface area is 140 Å². The number of carbonyl (C=O) groups excluding carboxylic acids is 1. The number of likely N-dealkylation sites (N-methyl/N-ethyl adjacent to an activating group) is 1. The highest BCUT2D eigenvalue weighted by Gasteiger charge is 2.18. The van der Waals surface area contributed by atoms with Crippen LogP contribution in [0.25, 0.3) is 0 Å². The molecule has 7 nitrogen and oxygen atoms in total. The molecule has 0 aliphatic carbocycles. The maximum atomic E-state index is 12.2. The molecule has 0 unspecified atom stereocenters. The van der Waals surface area contributed by atoms with E-state index in [9.17, 15) is 4.79 Å². The third-order valence-electron chi connectivity index (χ3n) is 3.87. The van der Waals surface area contributed by atoms with Crippen molar-refractivity contribution in [1.29, 1.82) is 0 Å². The monoisotopic (exact) mass is 327 g/mol. The molecule has 0 bridgehead atoms. The molecule has 23 heavy (non-hydrogen) atoms. The molecule has 0 radical (unpaired) electrons. The molecule has 2 N–H and O–H groups in total. The van der Waals surface area contributed by atoms with E-state index < -0.39 is 0 Å². The third kappa shape index (κ3) is 8.76. The summed E-state index contributed by atoms with van der Waals surface area (Å²) in [4.78, 5) is 20.9. The number of nitrogens with zero attached hydrogens (tertiary/aromatic N) is 3. The molecule has 0 aromatic rings. The molecular formula is C16H33N5O2. The number of rotatable bonds is 9. The van der Waals surface area contributed by atoms with Crippen LogP contribution in [0.5, 0.6) is 0 Å². The van der Waals surface area contributed by atoms with Crippen LogP contribution in [0.3, 0.4) is 0 Å². The fourth-order valence-corrected chi connectivity index (χ4v) is 2.30. The lowest BCUT2D eigenvalue weighted by Crippen LogP contribution is -2.48. The average Bonchev–Trinajstić information content (AvgIpc) is 2.55. The second-order valence-electron chi connectivity index (χ2n) is 5.86. The van der Waals surface area contributed by atoms with E-state index in [0.29, 0.717) is 26.1 Å². The number of ether oxygens (including phenoxy) is 1. The maximum absolute atomic E-state index is 12.2. The third-order valence-corrected chi connectivity index (χ3v) is 3.87. The Kier molecular flexibility index (Phi) is 10.4. The number of hydrogen-bond donors (Lipinski definition) is 2. The minimum atomic E-state index is 0.218. The molecule has 1 rings (SSSR count). The van der Waals surface area contributed by atoms with Gasteiger partial charge in [0, 0.05) is 59.3 Å². The van der Waals surface area contributed by atoms with Crippen molar-refractivity contribution in [2.24, 2.45) is 4.99 Å². The summed E-state index contributed by atoms with van der Waals surface area (Å²) in [7, 11) is 3.77. The van der Waals surface area contributed by atoms with Gasteiger partial charge in [-0.15, -0.1) is 0 Å². The Hall–Kier alpha value is -1.34. The average molecular weight is 327 g/mol. The highest BCUT2D eigenvalue weighted by Crippen LogP contribution is 2.01. The van der Waals surface area contributed by atoms with Crippen LogP contribution in [0.15, 0.2) is 4.99 Å². The van der Waals surface area contributed by atoms with Gasteiger partial charge in [-0.3, -0.25) is 9.79 Å². The van der Waals surface area contributed by atoms with E-state index in [1.807, 2.05) is 4.90 Å². The first-order chi connectivity index (χ1) is 11.2.